The van der Waals surface area contributed by atoms with E-state index in [2.05, 4.69) is 21.1 Å². The van der Waals surface area contributed by atoms with E-state index in [-0.39, 0.29) is 59.7 Å². The minimum atomic E-state index is -0.834. The van der Waals surface area contributed by atoms with Crippen LogP contribution in [0.1, 0.15) is 31.5 Å². The van der Waals surface area contributed by atoms with E-state index in [0.717, 1.165) is 29.0 Å². The molecule has 316 valence electrons. The van der Waals surface area contributed by atoms with E-state index in [0.29, 0.717) is 73.7 Å². The zero-order chi connectivity index (χ0) is 42.6. The Morgan fingerprint density at radius 1 is 0.903 bits per heavy atom. The topological polar surface area (TPSA) is 179 Å². The van der Waals surface area contributed by atoms with E-state index in [1.807, 2.05) is 45.9 Å². The van der Waals surface area contributed by atoms with Crippen molar-refractivity contribution in [3.8, 4) is 23.1 Å². The number of piperazine rings is 1. The first kappa shape index (κ1) is 38.1. The number of pyridine rings is 2. The van der Waals surface area contributed by atoms with Crippen LogP contribution in [-0.2, 0) is 20.9 Å². The van der Waals surface area contributed by atoms with E-state index in [1.54, 1.807) is 25.3 Å². The molecule has 1 aliphatic carbocycles. The smallest absolute Gasteiger partial charge is 0.245 e. The van der Waals surface area contributed by atoms with E-state index in [4.69, 9.17) is 29.7 Å². The summed E-state index contributed by atoms with van der Waals surface area (Å²) in [6.45, 7) is 3.36. The van der Waals surface area contributed by atoms with E-state index in [1.165, 1.54) is 16.9 Å². The van der Waals surface area contributed by atoms with E-state index >= 15 is 4.39 Å². The number of aryl methyl sites for hydroxylation is 1. The molecule has 6 bridgehead atoms. The summed E-state index contributed by atoms with van der Waals surface area (Å²) >= 11 is 0. The molecule has 5 atom stereocenters. The van der Waals surface area contributed by atoms with Crippen LogP contribution in [0.4, 0.5) is 26.4 Å². The summed E-state index contributed by atoms with van der Waals surface area (Å²) in [5, 5.41) is 18.0. The van der Waals surface area contributed by atoms with Crippen LogP contribution in [0.15, 0.2) is 54.9 Å². The molecule has 5 aliphatic heterocycles. The summed E-state index contributed by atoms with van der Waals surface area (Å²) in [7, 11) is 3.39. The predicted octanol–water partition coefficient (Wildman–Crippen LogP) is 3.85. The monoisotopic (exact) mass is 840 g/mol. The number of nitriles is 1. The molecule has 0 radical (unpaired) electrons. The van der Waals surface area contributed by atoms with Gasteiger partial charge in [0.2, 0.25) is 17.8 Å². The van der Waals surface area contributed by atoms with Crippen LogP contribution in [0, 0.1) is 35.8 Å². The van der Waals surface area contributed by atoms with Crippen LogP contribution < -0.4 is 15.1 Å². The average molecular weight is 841 g/mol. The highest BCUT2D eigenvalue weighted by molar-refractivity contribution is 5.95. The molecule has 12 rings (SSSR count). The van der Waals surface area contributed by atoms with Gasteiger partial charge >= 0.3 is 0 Å². The molecule has 2 amide bonds. The number of carbonyl (C=O) groups excluding carboxylic acids is 2. The Labute approximate surface area is 353 Å². The second-order valence-corrected chi connectivity index (χ2v) is 17.0. The maximum absolute atomic E-state index is 15.5. The van der Waals surface area contributed by atoms with Gasteiger partial charge in [-0.25, -0.2) is 23.4 Å². The largest absolute Gasteiger partial charge is 0.378 e. The number of methoxy groups -OCH3 is 1. The molecule has 62 heavy (non-hydrogen) atoms. The van der Waals surface area contributed by atoms with Gasteiger partial charge in [-0.2, -0.15) is 20.3 Å². The SMILES string of the molecule is COC1CN(C)C(=O)[C@@H]2C[C@@H](CN2c2nc(N3C4C[C@@H]3CN(C3CC(C#N)C3)C4=O)nc3c2cnn3-c2ccc(F)cc2F)Nc2cccc(n2)-c2nccc3nc(C)n(c23)C1. The second-order valence-electron chi connectivity index (χ2n) is 17.0. The molecule has 1 saturated carbocycles. The highest BCUT2D eigenvalue weighted by Crippen LogP contribution is 2.43. The maximum atomic E-state index is 15.5. The summed E-state index contributed by atoms with van der Waals surface area (Å²) in [5.74, 6) is 0.170. The van der Waals surface area contributed by atoms with Crippen molar-refractivity contribution in [3.05, 3.63) is 72.3 Å². The molecule has 10 heterocycles. The Balaban J connectivity index is 1.01. The van der Waals surface area contributed by atoms with Gasteiger partial charge < -0.3 is 34.2 Å². The van der Waals surface area contributed by atoms with Crippen LogP contribution in [0.2, 0.25) is 0 Å². The fraction of sp³-hybridized carbons (Fsp3) is 0.419. The second kappa shape index (κ2) is 14.4. The zero-order valence-corrected chi connectivity index (χ0v) is 34.2. The zero-order valence-electron chi connectivity index (χ0n) is 34.2. The average Bonchev–Trinajstić information content (AvgIpc) is 3.94. The molecule has 6 aliphatic rings. The molecule has 17 nitrogen and oxygen atoms in total. The highest BCUT2D eigenvalue weighted by Gasteiger charge is 2.55. The van der Waals surface area contributed by atoms with Crippen LogP contribution in [0.5, 0.6) is 0 Å². The first-order valence-corrected chi connectivity index (χ1v) is 20.9. The fourth-order valence-electron chi connectivity index (χ4n) is 10.0. The molecular formula is C43H42F2N14O3. The van der Waals surface area contributed by atoms with Crippen molar-refractivity contribution in [2.24, 2.45) is 5.92 Å². The van der Waals surface area contributed by atoms with Gasteiger partial charge in [0.1, 0.15) is 46.7 Å². The van der Waals surface area contributed by atoms with Crippen LogP contribution in [0.3, 0.4) is 0 Å². The van der Waals surface area contributed by atoms with Gasteiger partial charge in [-0.15, -0.1) is 0 Å². The molecule has 2 unspecified atom stereocenters. The number of hydrogen-bond acceptors (Lipinski definition) is 13. The molecule has 5 aromatic heterocycles. The van der Waals surface area contributed by atoms with E-state index < -0.39 is 29.8 Å². The van der Waals surface area contributed by atoms with Gasteiger partial charge in [-0.3, -0.25) is 14.6 Å². The van der Waals surface area contributed by atoms with Crippen molar-refractivity contribution in [2.45, 2.75) is 75.5 Å². The normalized spacial score (nSPS) is 25.9. The number of fused-ring (bicyclic) bond motifs is 8. The maximum Gasteiger partial charge on any atom is 0.245 e. The minimum Gasteiger partial charge on any atom is -0.378 e. The Hall–Kier alpha value is -6.81. The van der Waals surface area contributed by atoms with Crippen molar-refractivity contribution in [1.82, 2.24) is 49.1 Å². The Bertz CT molecular complexity index is 2850. The summed E-state index contributed by atoms with van der Waals surface area (Å²) in [4.78, 5) is 61.1. The standard InChI is InChI=1S/C43H42F2N14O3/c1-22-49-32-9-10-47-37-31-5-4-6-36(51-31)50-25-14-34(41(60)54(2)20-28(62-3)21-55(22)38(32)37)57(18-25)39-29-17-48-59(33-8-7-24(44)13-30(33)45)40(29)53-43(52-39)58-27-15-35(58)42(61)56(19-27)26-11-23(12-26)16-46/h4-10,13,17,23,25-28,34-35H,11-12,14-15,18-21H2,1-3H3,(H,50,51)/t23?,25-,26?,27+,28?,34-,35?/m0/s1. The van der Waals surface area contributed by atoms with Gasteiger partial charge in [0.15, 0.2) is 11.5 Å². The van der Waals surface area contributed by atoms with E-state index in [9.17, 15) is 19.2 Å². The molecule has 19 heteroatoms. The number of halogens is 2. The number of amides is 2. The van der Waals surface area contributed by atoms with Crippen LogP contribution in [0.25, 0.3) is 39.1 Å². The van der Waals surface area contributed by atoms with Crippen molar-refractivity contribution in [2.75, 3.05) is 48.9 Å². The number of nitrogens with one attached hydrogen (secondary N) is 1. The Morgan fingerprint density at radius 3 is 2.55 bits per heavy atom. The molecule has 4 saturated heterocycles. The fourth-order valence-corrected chi connectivity index (χ4v) is 10.0. The first-order valence-electron chi connectivity index (χ1n) is 20.9. The Kier molecular flexibility index (Phi) is 8.86. The number of hydrogen-bond donors (Lipinski definition) is 1. The summed E-state index contributed by atoms with van der Waals surface area (Å²) in [6, 6.07) is 11.5. The third-order valence-electron chi connectivity index (χ3n) is 13.3. The molecule has 1 aromatic carbocycles. The van der Waals surface area contributed by atoms with Crippen LogP contribution in [-0.4, -0.2) is 131 Å². The highest BCUT2D eigenvalue weighted by atomic mass is 19.1. The summed E-state index contributed by atoms with van der Waals surface area (Å²) in [6.07, 6.45) is 5.15. The van der Waals surface area contributed by atoms with Crippen molar-refractivity contribution >= 4 is 51.5 Å². The first-order chi connectivity index (χ1) is 30.1. The number of ether oxygens (including phenoxy) is 1. The lowest BCUT2D eigenvalue weighted by Gasteiger charge is -2.58. The number of benzene rings is 1. The molecule has 0 spiro atoms. The number of likely N-dealkylation sites (N-methyl/N-ethyl adjacent to an activating group) is 1. The lowest BCUT2D eigenvalue weighted by atomic mass is 9.77. The van der Waals surface area contributed by atoms with Gasteiger partial charge in [0.25, 0.3) is 0 Å². The number of aromatic nitrogens is 8. The number of rotatable bonds is 5. The lowest BCUT2D eigenvalue weighted by molar-refractivity contribution is -0.146. The number of piperidine rings is 1. The summed E-state index contributed by atoms with van der Waals surface area (Å²) in [5.41, 5.74) is 3.16. The third kappa shape index (κ3) is 6.02. The molecule has 5 fully saturated rings. The number of nitrogens with zero attached hydrogens (tertiary/aromatic N) is 13. The lowest BCUT2D eigenvalue weighted by Crippen LogP contribution is -2.74. The van der Waals surface area contributed by atoms with Gasteiger partial charge in [0, 0.05) is 58.1 Å². The minimum absolute atomic E-state index is 0.0205. The Morgan fingerprint density at radius 2 is 1.76 bits per heavy atom. The van der Waals surface area contributed by atoms with Crippen molar-refractivity contribution in [1.29, 1.82) is 5.26 Å². The van der Waals surface area contributed by atoms with Crippen molar-refractivity contribution < 1.29 is 23.1 Å². The number of anilines is 3. The predicted molar refractivity (Wildman–Crippen MR) is 222 cm³/mol. The molecule has 1 N–H and O–H groups in total. The van der Waals surface area contributed by atoms with Gasteiger partial charge in [0.05, 0.1) is 59.0 Å². The molecular weight excluding hydrogens is 799 g/mol. The quantitative estimate of drug-likeness (QED) is 0.265. The molecule has 6 aromatic rings. The number of imidazole rings is 1. The third-order valence-corrected chi connectivity index (χ3v) is 13.3. The number of carbonyl (C=O) groups is 2. The van der Waals surface area contributed by atoms with Crippen molar-refractivity contribution in [3.63, 3.8) is 0 Å². The van der Waals surface area contributed by atoms with Gasteiger partial charge in [-0.05, 0) is 62.9 Å². The van der Waals surface area contributed by atoms with Gasteiger partial charge in [-0.1, -0.05) is 6.07 Å². The van der Waals surface area contributed by atoms with Crippen LogP contribution >= 0.6 is 0 Å². The summed E-state index contributed by atoms with van der Waals surface area (Å²) < 4.78 is 39.1.